The van der Waals surface area contributed by atoms with Gasteiger partial charge in [0.05, 0.1) is 12.5 Å². The molecule has 0 heterocycles. The molecular formula is C11H26O2S3Sn. The van der Waals surface area contributed by atoms with Crippen molar-refractivity contribution in [1.82, 2.24) is 0 Å². The quantitative estimate of drug-likeness (QED) is 0.211. The van der Waals surface area contributed by atoms with Gasteiger partial charge in [-0.15, -0.1) is 0 Å². The Balaban J connectivity index is -0.000000120. The Bertz CT molecular complexity index is 149. The van der Waals surface area contributed by atoms with Crippen molar-refractivity contribution in [2.45, 2.75) is 52.9 Å². The van der Waals surface area contributed by atoms with E-state index in [1.165, 1.54) is 19.3 Å². The standard InChI is InChI=1S/C11H22O2.3H2S.Sn.H/c1-4-6-7-8-9-13-11(12)10(3)5-2;;;;;/h10H,4-9H2,1-3H3;3*1H2;;/q;;;;+3;/p-3. The van der Waals surface area contributed by atoms with E-state index in [1.807, 2.05) is 13.8 Å². The fraction of sp³-hybridized carbons (Fsp3) is 0.909. The molecule has 0 radical (unpaired) electrons. The van der Waals surface area contributed by atoms with Crippen LogP contribution in [0.2, 0.25) is 0 Å². The van der Waals surface area contributed by atoms with Crippen molar-refractivity contribution in [1.29, 1.82) is 0 Å². The first-order valence-corrected chi connectivity index (χ1v) is 5.39. The van der Waals surface area contributed by atoms with Crippen LogP contribution in [0.3, 0.4) is 0 Å². The summed E-state index contributed by atoms with van der Waals surface area (Å²) < 4.78 is 5.10. The summed E-state index contributed by atoms with van der Waals surface area (Å²) in [6.45, 7) is 6.69. The van der Waals surface area contributed by atoms with Crippen LogP contribution in [-0.4, -0.2) is 36.5 Å². The third kappa shape index (κ3) is 19.8. The fourth-order valence-electron chi connectivity index (χ4n) is 1.01. The molecule has 2 nitrogen and oxygen atoms in total. The molecule has 0 saturated carbocycles. The molecule has 0 amide bonds. The maximum atomic E-state index is 11.2. The first-order chi connectivity index (χ1) is 6.22. The minimum atomic E-state index is -0.0426. The van der Waals surface area contributed by atoms with Crippen molar-refractivity contribution in [3.8, 4) is 0 Å². The predicted octanol–water partition coefficient (Wildman–Crippen LogP) is 1.70. The van der Waals surface area contributed by atoms with Crippen molar-refractivity contribution >= 4 is 70.4 Å². The van der Waals surface area contributed by atoms with Gasteiger partial charge in [-0.2, -0.15) is 0 Å². The third-order valence-corrected chi connectivity index (χ3v) is 2.26. The van der Waals surface area contributed by atoms with E-state index in [2.05, 4.69) is 6.92 Å². The fourth-order valence-corrected chi connectivity index (χ4v) is 1.01. The van der Waals surface area contributed by atoms with E-state index in [4.69, 9.17) is 4.74 Å². The van der Waals surface area contributed by atoms with Crippen LogP contribution in [0.4, 0.5) is 0 Å². The van der Waals surface area contributed by atoms with E-state index in [0.717, 1.165) is 12.8 Å². The van der Waals surface area contributed by atoms with Gasteiger partial charge in [-0.3, -0.25) is 4.79 Å². The molecule has 0 aliphatic heterocycles. The molecule has 6 heteroatoms. The average Bonchev–Trinajstić information content (AvgIpc) is 2.16. The van der Waals surface area contributed by atoms with Crippen LogP contribution in [0.1, 0.15) is 52.9 Å². The van der Waals surface area contributed by atoms with Crippen LogP contribution in [0, 0.1) is 5.92 Å². The summed E-state index contributed by atoms with van der Waals surface area (Å²) in [4.78, 5) is 11.2. The Kier molecular flexibility index (Phi) is 41.0. The summed E-state index contributed by atoms with van der Waals surface area (Å²) in [7, 11) is 0. The van der Waals surface area contributed by atoms with E-state index in [9.17, 15) is 4.79 Å². The van der Waals surface area contributed by atoms with Gasteiger partial charge in [0, 0.05) is 0 Å². The summed E-state index contributed by atoms with van der Waals surface area (Å²) in [6, 6.07) is 0. The molecule has 1 atom stereocenters. The van der Waals surface area contributed by atoms with Gasteiger partial charge in [-0.1, -0.05) is 40.0 Å². The number of thiol groups is 3. The molecule has 0 aromatic rings. The molecule has 17 heavy (non-hydrogen) atoms. The van der Waals surface area contributed by atoms with Gasteiger partial charge in [0.2, 0.25) is 0 Å². The van der Waals surface area contributed by atoms with Gasteiger partial charge in [-0.05, 0) is 12.8 Å². The van der Waals surface area contributed by atoms with Crippen LogP contribution in [-0.2, 0) is 50.0 Å². The van der Waals surface area contributed by atoms with Crippen LogP contribution in [0.5, 0.6) is 0 Å². The van der Waals surface area contributed by atoms with Gasteiger partial charge in [-0.25, -0.2) is 0 Å². The first-order valence-electron chi connectivity index (χ1n) is 5.39. The van der Waals surface area contributed by atoms with Crippen molar-refractivity contribution in [2.75, 3.05) is 6.61 Å². The summed E-state index contributed by atoms with van der Waals surface area (Å²) in [5.41, 5.74) is 0. The second-order valence-corrected chi connectivity index (χ2v) is 3.54. The van der Waals surface area contributed by atoms with E-state index < -0.39 is 0 Å². The molecule has 0 saturated heterocycles. The Hall–Kier alpha value is 1.32. The van der Waals surface area contributed by atoms with Crippen LogP contribution < -0.4 is 0 Å². The molecule has 0 fully saturated rings. The summed E-state index contributed by atoms with van der Waals surface area (Å²) in [6.07, 6.45) is 5.51. The topological polar surface area (TPSA) is 26.3 Å². The zero-order chi connectivity index (χ0) is 10.1. The van der Waals surface area contributed by atoms with Gasteiger partial charge in [0.15, 0.2) is 0 Å². The number of carbonyl (C=O) groups excluding carboxylic acids is 1. The second kappa shape index (κ2) is 22.5. The third-order valence-electron chi connectivity index (χ3n) is 2.26. The number of hydrogen-bond donors (Lipinski definition) is 0. The number of unbranched alkanes of at least 4 members (excludes halogenated alkanes) is 3. The van der Waals surface area contributed by atoms with Gasteiger partial charge in [0.25, 0.3) is 0 Å². The van der Waals surface area contributed by atoms with Crippen LogP contribution in [0.15, 0.2) is 0 Å². The molecule has 0 aliphatic carbocycles. The molecule has 104 valence electrons. The van der Waals surface area contributed by atoms with E-state index >= 15 is 0 Å². The summed E-state index contributed by atoms with van der Waals surface area (Å²) >= 11 is 0. The molecule has 0 rings (SSSR count). The van der Waals surface area contributed by atoms with Gasteiger partial charge in [0.1, 0.15) is 0 Å². The number of carbonyl (C=O) groups is 1. The minimum absolute atomic E-state index is 0. The monoisotopic (exact) mass is 406 g/mol. The summed E-state index contributed by atoms with van der Waals surface area (Å²) in [5, 5.41) is 0. The molecule has 0 aliphatic rings. The van der Waals surface area contributed by atoms with Crippen molar-refractivity contribution < 1.29 is 9.53 Å². The van der Waals surface area contributed by atoms with Gasteiger partial charge < -0.3 is 45.2 Å². The van der Waals surface area contributed by atoms with Crippen LogP contribution in [0.25, 0.3) is 0 Å². The average molecular weight is 405 g/mol. The molecule has 0 N–H and O–H groups in total. The number of ether oxygens (including phenoxy) is 1. The second-order valence-electron chi connectivity index (χ2n) is 3.54. The normalized spacial score (nSPS) is 9.59. The van der Waals surface area contributed by atoms with Crippen LogP contribution >= 0.6 is 0 Å². The molecule has 0 aromatic heterocycles. The number of hydrogen-bond acceptors (Lipinski definition) is 5. The van der Waals surface area contributed by atoms with Crippen molar-refractivity contribution in [3.05, 3.63) is 0 Å². The number of rotatable bonds is 7. The molecule has 0 bridgehead atoms. The Labute approximate surface area is 144 Å². The Morgan fingerprint density at radius 1 is 1.06 bits per heavy atom. The predicted molar refractivity (Wildman–Crippen MR) is 88.0 cm³/mol. The van der Waals surface area contributed by atoms with Gasteiger partial charge >= 0.3 is 29.9 Å². The Morgan fingerprint density at radius 2 is 1.59 bits per heavy atom. The van der Waals surface area contributed by atoms with E-state index in [0.29, 0.717) is 6.61 Å². The Morgan fingerprint density at radius 3 is 2.00 bits per heavy atom. The SMILES string of the molecule is CCCCCCOC(=O)C(C)CC.[SH-].[SH-].[SH-].[SnH+3]. The molecule has 1 unspecified atom stereocenters. The molecular weight excluding hydrogens is 379 g/mol. The number of esters is 1. The van der Waals surface area contributed by atoms with E-state index in [1.54, 1.807) is 0 Å². The van der Waals surface area contributed by atoms with Crippen molar-refractivity contribution in [3.63, 3.8) is 0 Å². The molecule has 0 aromatic carbocycles. The van der Waals surface area contributed by atoms with Crippen molar-refractivity contribution in [2.24, 2.45) is 5.92 Å². The molecule has 0 spiro atoms. The maximum absolute atomic E-state index is 11.2. The zero-order valence-corrected chi connectivity index (χ0v) is 17.0. The van der Waals surface area contributed by atoms with E-state index in [-0.39, 0.29) is 76.3 Å². The zero-order valence-electron chi connectivity index (χ0n) is 11.1. The summed E-state index contributed by atoms with van der Waals surface area (Å²) in [5.74, 6) is 0.0187. The first kappa shape index (κ1) is 31.0.